The number of aliphatic carboxylic acids is 1. The molecule has 1 aromatic rings. The first-order valence-corrected chi connectivity index (χ1v) is 5.81. The van der Waals surface area contributed by atoms with Crippen LogP contribution in [0.3, 0.4) is 0 Å². The van der Waals surface area contributed by atoms with Crippen LogP contribution in [0.5, 0.6) is 0 Å². The fourth-order valence-corrected chi connectivity index (χ4v) is 1.51. The summed E-state index contributed by atoms with van der Waals surface area (Å²) < 4.78 is 0. The molecule has 5 heteroatoms. The number of oxime groups is 1. The van der Waals surface area contributed by atoms with E-state index in [1.807, 2.05) is 6.92 Å². The summed E-state index contributed by atoms with van der Waals surface area (Å²) in [6.45, 7) is 2.31. The summed E-state index contributed by atoms with van der Waals surface area (Å²) in [5.41, 5.74) is 1.09. The van der Waals surface area contributed by atoms with Crippen LogP contribution in [0.4, 0.5) is 0 Å². The molecule has 17 heavy (non-hydrogen) atoms. The third-order valence-electron chi connectivity index (χ3n) is 2.07. The first kappa shape index (κ1) is 13.5. The fourth-order valence-electron chi connectivity index (χ4n) is 1.27. The smallest absolute Gasteiger partial charge is 0.358 e. The topological polar surface area (TPSA) is 58.9 Å². The van der Waals surface area contributed by atoms with Crippen LogP contribution in [0.2, 0.25) is 0 Å². The van der Waals surface area contributed by atoms with E-state index in [1.54, 1.807) is 24.3 Å². The SMILES string of the molecule is CCCON=C(C(=O)O)c1ccccc1CCl. The highest BCUT2D eigenvalue weighted by Crippen LogP contribution is 2.13. The molecule has 0 fully saturated rings. The molecule has 0 heterocycles. The van der Waals surface area contributed by atoms with Gasteiger partial charge in [-0.3, -0.25) is 0 Å². The van der Waals surface area contributed by atoms with Crippen molar-refractivity contribution in [1.29, 1.82) is 0 Å². The first-order valence-electron chi connectivity index (χ1n) is 5.28. The van der Waals surface area contributed by atoms with E-state index in [0.717, 1.165) is 12.0 Å². The molecular formula is C12H14ClNO3. The van der Waals surface area contributed by atoms with Gasteiger partial charge in [0, 0.05) is 11.4 Å². The predicted octanol–water partition coefficient (Wildman–Crippen LogP) is 2.64. The van der Waals surface area contributed by atoms with Crippen LogP contribution < -0.4 is 0 Å². The maximum atomic E-state index is 11.1. The van der Waals surface area contributed by atoms with E-state index < -0.39 is 5.97 Å². The predicted molar refractivity (Wildman–Crippen MR) is 66.4 cm³/mol. The van der Waals surface area contributed by atoms with Crippen LogP contribution in [0, 0.1) is 0 Å². The van der Waals surface area contributed by atoms with Crippen molar-refractivity contribution in [2.75, 3.05) is 6.61 Å². The largest absolute Gasteiger partial charge is 0.476 e. The summed E-state index contributed by atoms with van der Waals surface area (Å²) >= 11 is 5.75. The molecule has 0 atom stereocenters. The maximum absolute atomic E-state index is 11.1. The molecule has 0 radical (unpaired) electrons. The lowest BCUT2D eigenvalue weighted by molar-refractivity contribution is -0.129. The van der Waals surface area contributed by atoms with E-state index >= 15 is 0 Å². The Morgan fingerprint density at radius 2 is 2.18 bits per heavy atom. The zero-order valence-electron chi connectivity index (χ0n) is 9.52. The second-order valence-corrected chi connectivity index (χ2v) is 3.64. The lowest BCUT2D eigenvalue weighted by Gasteiger charge is -2.06. The number of hydrogen-bond donors (Lipinski definition) is 1. The molecule has 0 unspecified atom stereocenters. The zero-order chi connectivity index (χ0) is 12.7. The van der Waals surface area contributed by atoms with Crippen molar-refractivity contribution in [1.82, 2.24) is 0 Å². The van der Waals surface area contributed by atoms with Crippen LogP contribution in [-0.4, -0.2) is 23.4 Å². The van der Waals surface area contributed by atoms with Gasteiger partial charge in [-0.25, -0.2) is 4.79 Å². The van der Waals surface area contributed by atoms with Crippen LogP contribution in [0.15, 0.2) is 29.4 Å². The third-order valence-corrected chi connectivity index (χ3v) is 2.36. The van der Waals surface area contributed by atoms with Crippen LogP contribution in [0.1, 0.15) is 24.5 Å². The lowest BCUT2D eigenvalue weighted by atomic mass is 10.0. The molecule has 0 aromatic heterocycles. The summed E-state index contributed by atoms with van der Waals surface area (Å²) in [7, 11) is 0. The number of carboxylic acid groups (broad SMARTS) is 1. The zero-order valence-corrected chi connectivity index (χ0v) is 10.3. The lowest BCUT2D eigenvalue weighted by Crippen LogP contribution is -2.17. The molecule has 92 valence electrons. The van der Waals surface area contributed by atoms with Gasteiger partial charge >= 0.3 is 5.97 Å². The normalized spacial score (nSPS) is 11.3. The Morgan fingerprint density at radius 1 is 1.47 bits per heavy atom. The molecular weight excluding hydrogens is 242 g/mol. The highest BCUT2D eigenvalue weighted by atomic mass is 35.5. The maximum Gasteiger partial charge on any atom is 0.358 e. The number of halogens is 1. The number of alkyl halides is 1. The molecule has 0 bridgehead atoms. The Bertz CT molecular complexity index is 418. The number of rotatable bonds is 6. The van der Waals surface area contributed by atoms with Gasteiger partial charge in [0.1, 0.15) is 6.61 Å². The molecule has 0 saturated heterocycles. The fraction of sp³-hybridized carbons (Fsp3) is 0.333. The second-order valence-electron chi connectivity index (χ2n) is 3.37. The van der Waals surface area contributed by atoms with E-state index in [1.165, 1.54) is 0 Å². The van der Waals surface area contributed by atoms with Gasteiger partial charge in [-0.2, -0.15) is 0 Å². The van der Waals surface area contributed by atoms with Crippen molar-refractivity contribution in [3.05, 3.63) is 35.4 Å². The Morgan fingerprint density at radius 3 is 2.76 bits per heavy atom. The molecule has 1 rings (SSSR count). The highest BCUT2D eigenvalue weighted by molar-refractivity contribution is 6.43. The minimum absolute atomic E-state index is 0.116. The molecule has 0 spiro atoms. The Kier molecular flexibility index (Phi) is 5.49. The summed E-state index contributed by atoms with van der Waals surface area (Å²) in [5.74, 6) is -0.894. The molecule has 0 amide bonds. The van der Waals surface area contributed by atoms with Crippen LogP contribution in [-0.2, 0) is 15.5 Å². The molecule has 0 saturated carbocycles. The summed E-state index contributed by atoms with van der Waals surface area (Å²) in [4.78, 5) is 16.0. The van der Waals surface area contributed by atoms with Gasteiger partial charge in [-0.1, -0.05) is 36.3 Å². The standard InChI is InChI=1S/C12H14ClNO3/c1-2-7-17-14-11(12(15)16)10-6-4-3-5-9(10)8-13/h3-6H,2,7-8H2,1H3,(H,15,16). The molecule has 0 aliphatic carbocycles. The number of benzene rings is 1. The first-order chi connectivity index (χ1) is 8.20. The van der Waals surface area contributed by atoms with Gasteiger partial charge in [0.05, 0.1) is 0 Å². The van der Waals surface area contributed by atoms with Gasteiger partial charge < -0.3 is 9.94 Å². The molecule has 0 aliphatic rings. The van der Waals surface area contributed by atoms with Crippen molar-refractivity contribution >= 4 is 23.3 Å². The van der Waals surface area contributed by atoms with Gasteiger partial charge in [-0.15, -0.1) is 11.6 Å². The summed E-state index contributed by atoms with van der Waals surface area (Å²) in [5, 5.41) is 12.7. The van der Waals surface area contributed by atoms with E-state index in [9.17, 15) is 4.79 Å². The van der Waals surface area contributed by atoms with Crippen molar-refractivity contribution < 1.29 is 14.7 Å². The van der Waals surface area contributed by atoms with Gasteiger partial charge in [-0.05, 0) is 12.0 Å². The second kappa shape index (κ2) is 6.91. The monoisotopic (exact) mass is 255 g/mol. The number of carboxylic acids is 1. The number of carbonyl (C=O) groups is 1. The molecule has 1 N–H and O–H groups in total. The Balaban J connectivity index is 3.05. The van der Waals surface area contributed by atoms with E-state index in [4.69, 9.17) is 21.5 Å². The van der Waals surface area contributed by atoms with Crippen molar-refractivity contribution in [3.8, 4) is 0 Å². The number of nitrogens with zero attached hydrogens (tertiary/aromatic N) is 1. The molecule has 0 aliphatic heterocycles. The van der Waals surface area contributed by atoms with Crippen molar-refractivity contribution in [3.63, 3.8) is 0 Å². The van der Waals surface area contributed by atoms with Crippen LogP contribution in [0.25, 0.3) is 0 Å². The third kappa shape index (κ3) is 3.75. The van der Waals surface area contributed by atoms with E-state index in [-0.39, 0.29) is 11.6 Å². The van der Waals surface area contributed by atoms with Crippen LogP contribution >= 0.6 is 11.6 Å². The summed E-state index contributed by atoms with van der Waals surface area (Å²) in [6.07, 6.45) is 0.771. The Hall–Kier alpha value is -1.55. The minimum atomic E-state index is -1.13. The van der Waals surface area contributed by atoms with E-state index in [2.05, 4.69) is 5.16 Å². The molecule has 4 nitrogen and oxygen atoms in total. The van der Waals surface area contributed by atoms with E-state index in [0.29, 0.717) is 12.2 Å². The molecule has 1 aromatic carbocycles. The van der Waals surface area contributed by atoms with Crippen molar-refractivity contribution in [2.45, 2.75) is 19.2 Å². The summed E-state index contributed by atoms with van der Waals surface area (Å²) in [6, 6.07) is 6.97. The minimum Gasteiger partial charge on any atom is -0.476 e. The van der Waals surface area contributed by atoms with Crippen molar-refractivity contribution in [2.24, 2.45) is 5.16 Å². The average molecular weight is 256 g/mol. The number of hydrogen-bond acceptors (Lipinski definition) is 3. The quantitative estimate of drug-likeness (QED) is 0.368. The van der Waals surface area contributed by atoms with Gasteiger partial charge in [0.2, 0.25) is 0 Å². The highest BCUT2D eigenvalue weighted by Gasteiger charge is 2.16. The van der Waals surface area contributed by atoms with Gasteiger partial charge in [0.15, 0.2) is 5.71 Å². The average Bonchev–Trinajstić information content (AvgIpc) is 2.34. The Labute approximate surface area is 105 Å². The van der Waals surface area contributed by atoms with Gasteiger partial charge in [0.25, 0.3) is 0 Å².